The molecule has 2 aromatic rings. The fourth-order valence-electron chi connectivity index (χ4n) is 2.39. The lowest BCUT2D eigenvalue weighted by molar-refractivity contribution is 0.0970. The maximum atomic E-state index is 12.4. The smallest absolute Gasteiger partial charge is 0.307 e. The van der Waals surface area contributed by atoms with Gasteiger partial charge in [-0.25, -0.2) is 0 Å². The first-order valence-corrected chi connectivity index (χ1v) is 7.18. The van der Waals surface area contributed by atoms with Gasteiger partial charge < -0.3 is 4.57 Å². The minimum Gasteiger partial charge on any atom is -0.349 e. The molecule has 4 nitrogen and oxygen atoms in total. The molecule has 2 aromatic heterocycles. The number of nitrogens with zero attached hydrogens (tertiary/aromatic N) is 2. The van der Waals surface area contributed by atoms with Crippen LogP contribution in [0.5, 0.6) is 0 Å². The predicted molar refractivity (Wildman–Crippen MR) is 77.2 cm³/mol. The van der Waals surface area contributed by atoms with Crippen molar-refractivity contribution >= 4 is 17.1 Å². The third-order valence-corrected chi connectivity index (χ3v) is 4.35. The molecule has 0 aliphatic rings. The lowest BCUT2D eigenvalue weighted by Crippen LogP contribution is -2.21. The van der Waals surface area contributed by atoms with Gasteiger partial charge in [0.2, 0.25) is 0 Å². The molecule has 0 unspecified atom stereocenters. The highest BCUT2D eigenvalue weighted by Gasteiger charge is 2.16. The highest BCUT2D eigenvalue weighted by molar-refractivity contribution is 7.07. The molecular formula is C14H18N2O2S. The van der Waals surface area contributed by atoms with E-state index in [1.165, 1.54) is 4.57 Å². The monoisotopic (exact) mass is 278 g/mol. The first kappa shape index (κ1) is 13.8. The zero-order valence-corrected chi connectivity index (χ0v) is 12.5. The molecule has 0 radical (unpaired) electrons. The van der Waals surface area contributed by atoms with Crippen molar-refractivity contribution in [3.05, 3.63) is 43.8 Å². The number of rotatable bonds is 4. The number of hydrogen-bond acceptors (Lipinski definition) is 3. The highest BCUT2D eigenvalue weighted by Crippen LogP contribution is 2.16. The van der Waals surface area contributed by atoms with E-state index in [-0.39, 0.29) is 17.2 Å². The van der Waals surface area contributed by atoms with E-state index >= 15 is 0 Å². The fourth-order valence-corrected chi connectivity index (χ4v) is 3.13. The molecule has 0 aliphatic carbocycles. The van der Waals surface area contributed by atoms with E-state index in [4.69, 9.17) is 0 Å². The Hall–Kier alpha value is -1.62. The van der Waals surface area contributed by atoms with Crippen LogP contribution in [0, 0.1) is 20.8 Å². The second-order valence-electron chi connectivity index (χ2n) is 4.68. The molecule has 0 bridgehead atoms. The third-order valence-electron chi connectivity index (χ3n) is 3.47. The second-order valence-corrected chi connectivity index (χ2v) is 5.50. The summed E-state index contributed by atoms with van der Waals surface area (Å²) in [6.45, 7) is 8.83. The van der Waals surface area contributed by atoms with Crippen LogP contribution in [0.2, 0.25) is 0 Å². The molecule has 0 saturated carbocycles. The summed E-state index contributed by atoms with van der Waals surface area (Å²) in [6.07, 6.45) is 0. The average Bonchev–Trinajstić information content (AvgIpc) is 2.83. The first-order chi connectivity index (χ1) is 8.95. The molecule has 102 valence electrons. The summed E-state index contributed by atoms with van der Waals surface area (Å²) in [6, 6.07) is 1.91. The van der Waals surface area contributed by atoms with E-state index in [9.17, 15) is 9.59 Å². The van der Waals surface area contributed by atoms with Crippen LogP contribution in [0.15, 0.2) is 16.2 Å². The summed E-state index contributed by atoms with van der Waals surface area (Å²) in [7, 11) is 0. The third kappa shape index (κ3) is 2.42. The van der Waals surface area contributed by atoms with Crippen LogP contribution in [0.4, 0.5) is 0 Å². The van der Waals surface area contributed by atoms with Gasteiger partial charge in [0.25, 0.3) is 0 Å². The van der Waals surface area contributed by atoms with E-state index in [0.29, 0.717) is 0 Å². The molecule has 0 N–H and O–H groups in total. The van der Waals surface area contributed by atoms with Gasteiger partial charge in [0.15, 0.2) is 5.78 Å². The van der Waals surface area contributed by atoms with Gasteiger partial charge in [-0.1, -0.05) is 11.3 Å². The van der Waals surface area contributed by atoms with Crippen molar-refractivity contribution in [1.82, 2.24) is 9.13 Å². The number of ketones is 1. The van der Waals surface area contributed by atoms with Gasteiger partial charge in [-0.3, -0.25) is 14.2 Å². The average molecular weight is 278 g/mol. The molecule has 0 saturated heterocycles. The standard InChI is InChI=1S/C14H18N2O2S/c1-5-15-9(2)6-12(11(15)4)13(17)7-16-10(3)8-19-14(16)18/h6,8H,5,7H2,1-4H3. The van der Waals surface area contributed by atoms with Gasteiger partial charge in [0, 0.05) is 34.6 Å². The molecule has 19 heavy (non-hydrogen) atoms. The SMILES string of the molecule is CCn1c(C)cc(C(=O)Cn2c(C)csc2=O)c1C. The van der Waals surface area contributed by atoms with E-state index in [1.807, 2.05) is 26.8 Å². The molecule has 2 rings (SSSR count). The van der Waals surface area contributed by atoms with Crippen LogP contribution in [0.1, 0.15) is 34.4 Å². The number of hydrogen-bond donors (Lipinski definition) is 0. The number of aromatic nitrogens is 2. The van der Waals surface area contributed by atoms with Crippen LogP contribution in [0.25, 0.3) is 0 Å². The largest absolute Gasteiger partial charge is 0.349 e. The number of thiazole rings is 1. The fraction of sp³-hybridized carbons (Fsp3) is 0.429. The van der Waals surface area contributed by atoms with Crippen LogP contribution in [0.3, 0.4) is 0 Å². The van der Waals surface area contributed by atoms with E-state index in [0.717, 1.165) is 40.5 Å². The number of aryl methyl sites for hydroxylation is 2. The minimum atomic E-state index is -0.0739. The highest BCUT2D eigenvalue weighted by atomic mass is 32.1. The Morgan fingerprint density at radius 1 is 1.21 bits per heavy atom. The van der Waals surface area contributed by atoms with Crippen molar-refractivity contribution in [2.75, 3.05) is 0 Å². The van der Waals surface area contributed by atoms with Crippen molar-refractivity contribution in [3.8, 4) is 0 Å². The van der Waals surface area contributed by atoms with Gasteiger partial charge in [-0.15, -0.1) is 0 Å². The summed E-state index contributed by atoms with van der Waals surface area (Å²) < 4.78 is 3.64. The Bertz CT molecular complexity index is 676. The normalized spacial score (nSPS) is 10.9. The molecule has 5 heteroatoms. The molecule has 2 heterocycles. The van der Waals surface area contributed by atoms with Crippen molar-refractivity contribution in [1.29, 1.82) is 0 Å². The summed E-state index contributed by atoms with van der Waals surface area (Å²) in [5.41, 5.74) is 3.62. The Morgan fingerprint density at radius 3 is 2.37 bits per heavy atom. The predicted octanol–water partition coefficient (Wildman–Crippen LogP) is 2.54. The molecule has 0 atom stereocenters. The summed E-state index contributed by atoms with van der Waals surface area (Å²) in [5.74, 6) is -0.00333. The second kappa shape index (κ2) is 5.17. The first-order valence-electron chi connectivity index (χ1n) is 6.30. The molecule has 0 aliphatic heterocycles. The Morgan fingerprint density at radius 2 is 1.89 bits per heavy atom. The maximum absolute atomic E-state index is 12.4. The lowest BCUT2D eigenvalue weighted by Gasteiger charge is -2.06. The molecular weight excluding hydrogens is 260 g/mol. The minimum absolute atomic E-state index is 0.00333. The quantitative estimate of drug-likeness (QED) is 0.807. The van der Waals surface area contributed by atoms with E-state index < -0.39 is 0 Å². The zero-order valence-electron chi connectivity index (χ0n) is 11.7. The summed E-state index contributed by atoms with van der Waals surface area (Å²) in [4.78, 5) is 23.9. The Labute approximate surface area is 116 Å². The molecule has 0 amide bonds. The summed E-state index contributed by atoms with van der Waals surface area (Å²) >= 11 is 1.14. The van der Waals surface area contributed by atoms with Crippen LogP contribution in [-0.4, -0.2) is 14.9 Å². The number of carbonyl (C=O) groups is 1. The zero-order chi connectivity index (χ0) is 14.2. The molecule has 0 spiro atoms. The molecule has 0 fully saturated rings. The van der Waals surface area contributed by atoms with E-state index in [2.05, 4.69) is 11.5 Å². The van der Waals surface area contributed by atoms with Crippen molar-refractivity contribution in [2.45, 2.75) is 40.8 Å². The maximum Gasteiger partial charge on any atom is 0.307 e. The van der Waals surface area contributed by atoms with Crippen LogP contribution in [-0.2, 0) is 13.1 Å². The van der Waals surface area contributed by atoms with Crippen LogP contribution < -0.4 is 4.87 Å². The van der Waals surface area contributed by atoms with Crippen molar-refractivity contribution in [3.63, 3.8) is 0 Å². The van der Waals surface area contributed by atoms with Gasteiger partial charge in [0.05, 0.1) is 6.54 Å². The number of Topliss-reactive ketones (excluding diaryl/α,β-unsaturated/α-hetero) is 1. The van der Waals surface area contributed by atoms with Gasteiger partial charge >= 0.3 is 4.87 Å². The van der Waals surface area contributed by atoms with Gasteiger partial charge in [-0.05, 0) is 33.8 Å². The van der Waals surface area contributed by atoms with Crippen molar-refractivity contribution < 1.29 is 4.79 Å². The van der Waals surface area contributed by atoms with Crippen molar-refractivity contribution in [2.24, 2.45) is 0 Å². The topological polar surface area (TPSA) is 44.0 Å². The molecule has 0 aromatic carbocycles. The summed E-state index contributed by atoms with van der Waals surface area (Å²) in [5, 5.41) is 1.78. The number of carbonyl (C=O) groups excluding carboxylic acids is 1. The van der Waals surface area contributed by atoms with Crippen LogP contribution >= 0.6 is 11.3 Å². The van der Waals surface area contributed by atoms with Gasteiger partial charge in [0.1, 0.15) is 0 Å². The Kier molecular flexibility index (Phi) is 3.75. The van der Waals surface area contributed by atoms with Gasteiger partial charge in [-0.2, -0.15) is 0 Å². The lowest BCUT2D eigenvalue weighted by atomic mass is 10.1. The Balaban J connectivity index is 2.34. The van der Waals surface area contributed by atoms with E-state index in [1.54, 1.807) is 5.38 Å².